The summed E-state index contributed by atoms with van der Waals surface area (Å²) in [5.41, 5.74) is -0.00588. The molecule has 16 heavy (non-hydrogen) atoms. The summed E-state index contributed by atoms with van der Waals surface area (Å²) in [6.45, 7) is 1.19. The molecule has 0 atom stereocenters. The molecule has 1 aromatic rings. The highest BCUT2D eigenvalue weighted by molar-refractivity contribution is 6.43. The number of Topliss-reactive ketones (excluding diaryl/α,β-unsaturated/α-hetero) is 1. The van der Waals surface area contributed by atoms with Crippen LogP contribution in [0.4, 0.5) is 13.2 Å². The molecule has 0 amide bonds. The molecule has 0 radical (unpaired) electrons. The van der Waals surface area contributed by atoms with Gasteiger partial charge in [-0.2, -0.15) is 0 Å². The van der Waals surface area contributed by atoms with Crippen LogP contribution in [0.25, 0.3) is 0 Å². The summed E-state index contributed by atoms with van der Waals surface area (Å²) in [4.78, 5) is 11.0. The highest BCUT2D eigenvalue weighted by atomic mass is 35.5. The number of hydrogen-bond donors (Lipinski definition) is 0. The van der Waals surface area contributed by atoms with Crippen LogP contribution in [0.1, 0.15) is 17.3 Å². The van der Waals surface area contributed by atoms with Crippen molar-refractivity contribution in [3.05, 3.63) is 27.7 Å². The molecule has 0 aliphatic carbocycles. The maximum Gasteiger partial charge on any atom is 0.573 e. The van der Waals surface area contributed by atoms with E-state index < -0.39 is 17.9 Å². The van der Waals surface area contributed by atoms with Crippen molar-refractivity contribution in [2.45, 2.75) is 13.3 Å². The monoisotopic (exact) mass is 272 g/mol. The Morgan fingerprint density at radius 1 is 1.31 bits per heavy atom. The molecule has 0 N–H and O–H groups in total. The Morgan fingerprint density at radius 3 is 2.31 bits per heavy atom. The Morgan fingerprint density at radius 2 is 1.88 bits per heavy atom. The lowest BCUT2D eigenvalue weighted by Crippen LogP contribution is -2.17. The molecule has 0 heterocycles. The third kappa shape index (κ3) is 3.28. The fourth-order valence-electron chi connectivity index (χ4n) is 0.966. The van der Waals surface area contributed by atoms with Gasteiger partial charge in [0.2, 0.25) is 0 Å². The van der Waals surface area contributed by atoms with Crippen LogP contribution in [0, 0.1) is 0 Å². The lowest BCUT2D eigenvalue weighted by atomic mass is 10.1. The number of carbonyl (C=O) groups excluding carboxylic acids is 1. The molecule has 0 bridgehead atoms. The van der Waals surface area contributed by atoms with E-state index in [2.05, 4.69) is 4.74 Å². The number of rotatable bonds is 2. The molecule has 0 spiro atoms. The fourth-order valence-corrected chi connectivity index (χ4v) is 1.32. The second kappa shape index (κ2) is 4.51. The molecular formula is C9H5Cl2F3O2. The van der Waals surface area contributed by atoms with Crippen LogP contribution in [0.2, 0.25) is 10.0 Å². The van der Waals surface area contributed by atoms with Crippen molar-refractivity contribution in [2.24, 2.45) is 0 Å². The van der Waals surface area contributed by atoms with Gasteiger partial charge in [-0.25, -0.2) is 0 Å². The molecule has 0 aromatic heterocycles. The predicted octanol–water partition coefficient (Wildman–Crippen LogP) is 4.09. The first-order valence-corrected chi connectivity index (χ1v) is 4.72. The summed E-state index contributed by atoms with van der Waals surface area (Å²) in [6.07, 6.45) is -4.89. The minimum absolute atomic E-state index is 0.00588. The number of hydrogen-bond acceptors (Lipinski definition) is 2. The summed E-state index contributed by atoms with van der Waals surface area (Å²) < 4.78 is 39.6. The van der Waals surface area contributed by atoms with Crippen molar-refractivity contribution in [3.8, 4) is 5.75 Å². The van der Waals surface area contributed by atoms with Crippen molar-refractivity contribution >= 4 is 29.0 Å². The van der Waals surface area contributed by atoms with Gasteiger partial charge in [0.05, 0.1) is 5.02 Å². The molecule has 1 aromatic carbocycles. The predicted molar refractivity (Wildman–Crippen MR) is 53.1 cm³/mol. The van der Waals surface area contributed by atoms with Gasteiger partial charge in [0.15, 0.2) is 5.78 Å². The number of carbonyl (C=O) groups is 1. The van der Waals surface area contributed by atoms with Gasteiger partial charge in [0.1, 0.15) is 10.8 Å². The van der Waals surface area contributed by atoms with Gasteiger partial charge in [0, 0.05) is 5.56 Å². The molecule has 2 nitrogen and oxygen atoms in total. The Kier molecular flexibility index (Phi) is 3.70. The first kappa shape index (κ1) is 13.1. The van der Waals surface area contributed by atoms with Crippen molar-refractivity contribution in [2.75, 3.05) is 0 Å². The lowest BCUT2D eigenvalue weighted by Gasteiger charge is -2.12. The summed E-state index contributed by atoms with van der Waals surface area (Å²) in [6, 6.07) is 2.07. The van der Waals surface area contributed by atoms with E-state index in [0.717, 1.165) is 6.07 Å². The Balaban J connectivity index is 3.22. The van der Waals surface area contributed by atoms with E-state index in [4.69, 9.17) is 23.2 Å². The standard InChI is InChI=1S/C9H5Cl2F3O2/c1-4(15)5-2-6(10)8(11)7(3-5)16-9(12,13)14/h2-3H,1H3. The van der Waals surface area contributed by atoms with Crippen LogP contribution < -0.4 is 4.74 Å². The first-order chi connectivity index (χ1) is 7.20. The van der Waals surface area contributed by atoms with Crippen LogP contribution in [0.3, 0.4) is 0 Å². The largest absolute Gasteiger partial charge is 0.573 e. The third-order valence-corrected chi connectivity index (χ3v) is 2.41. The van der Waals surface area contributed by atoms with E-state index in [9.17, 15) is 18.0 Å². The van der Waals surface area contributed by atoms with Gasteiger partial charge in [-0.05, 0) is 19.1 Å². The van der Waals surface area contributed by atoms with E-state index in [-0.39, 0.29) is 15.6 Å². The number of benzene rings is 1. The SMILES string of the molecule is CC(=O)c1cc(Cl)c(Cl)c(OC(F)(F)F)c1. The fraction of sp³-hybridized carbons (Fsp3) is 0.222. The molecule has 0 saturated carbocycles. The van der Waals surface area contributed by atoms with Crippen LogP contribution in [-0.4, -0.2) is 12.1 Å². The second-order valence-electron chi connectivity index (χ2n) is 2.87. The molecular weight excluding hydrogens is 268 g/mol. The third-order valence-electron chi connectivity index (χ3n) is 1.63. The Bertz CT molecular complexity index is 429. The number of ketones is 1. The van der Waals surface area contributed by atoms with Gasteiger partial charge in [-0.15, -0.1) is 13.2 Å². The molecule has 0 aliphatic rings. The van der Waals surface area contributed by atoms with Crippen LogP contribution in [-0.2, 0) is 0 Å². The van der Waals surface area contributed by atoms with E-state index in [1.807, 2.05) is 0 Å². The zero-order valence-corrected chi connectivity index (χ0v) is 9.37. The summed E-state index contributed by atoms with van der Waals surface area (Å²) in [7, 11) is 0. The minimum atomic E-state index is -4.89. The van der Waals surface area contributed by atoms with Crippen molar-refractivity contribution in [1.82, 2.24) is 0 Å². The highest BCUT2D eigenvalue weighted by Crippen LogP contribution is 2.36. The van der Waals surface area contributed by atoms with Crippen molar-refractivity contribution in [3.63, 3.8) is 0 Å². The quantitative estimate of drug-likeness (QED) is 0.758. The van der Waals surface area contributed by atoms with Crippen molar-refractivity contribution < 1.29 is 22.7 Å². The molecule has 88 valence electrons. The van der Waals surface area contributed by atoms with Gasteiger partial charge in [-0.3, -0.25) is 4.79 Å². The molecule has 0 saturated heterocycles. The summed E-state index contributed by atoms with van der Waals surface area (Å²) in [5, 5.41) is -0.558. The summed E-state index contributed by atoms with van der Waals surface area (Å²) in [5.74, 6) is -1.13. The minimum Gasteiger partial charge on any atom is -0.404 e. The van der Waals surface area contributed by atoms with Crippen LogP contribution >= 0.6 is 23.2 Å². The van der Waals surface area contributed by atoms with E-state index in [1.54, 1.807) is 0 Å². The van der Waals surface area contributed by atoms with Crippen LogP contribution in [0.15, 0.2) is 12.1 Å². The molecule has 1 rings (SSSR count). The normalized spacial score (nSPS) is 11.4. The topological polar surface area (TPSA) is 26.3 Å². The van der Waals surface area contributed by atoms with Gasteiger partial charge in [0.25, 0.3) is 0 Å². The maximum atomic E-state index is 12.0. The average Bonchev–Trinajstić information content (AvgIpc) is 2.10. The van der Waals surface area contributed by atoms with Crippen molar-refractivity contribution in [1.29, 1.82) is 0 Å². The second-order valence-corrected chi connectivity index (χ2v) is 3.66. The highest BCUT2D eigenvalue weighted by Gasteiger charge is 2.32. The molecule has 7 heteroatoms. The van der Waals surface area contributed by atoms with Gasteiger partial charge < -0.3 is 4.74 Å². The van der Waals surface area contributed by atoms with Gasteiger partial charge >= 0.3 is 6.36 Å². The zero-order chi connectivity index (χ0) is 12.5. The Hall–Kier alpha value is -0.940. The summed E-state index contributed by atoms with van der Waals surface area (Å²) >= 11 is 11.1. The van der Waals surface area contributed by atoms with E-state index >= 15 is 0 Å². The van der Waals surface area contributed by atoms with Crippen LogP contribution in [0.5, 0.6) is 5.75 Å². The van der Waals surface area contributed by atoms with E-state index in [0.29, 0.717) is 0 Å². The number of ether oxygens (including phenoxy) is 1. The molecule has 0 unspecified atom stereocenters. The zero-order valence-electron chi connectivity index (χ0n) is 7.86. The molecule has 0 aliphatic heterocycles. The maximum absolute atomic E-state index is 12.0. The Labute approximate surface area is 98.9 Å². The lowest BCUT2D eigenvalue weighted by molar-refractivity contribution is -0.274. The number of halogens is 5. The van der Waals surface area contributed by atoms with Gasteiger partial charge in [-0.1, -0.05) is 23.2 Å². The first-order valence-electron chi connectivity index (χ1n) is 3.96. The number of alkyl halides is 3. The smallest absolute Gasteiger partial charge is 0.404 e. The molecule has 0 fully saturated rings. The average molecular weight is 273 g/mol. The van der Waals surface area contributed by atoms with E-state index in [1.165, 1.54) is 13.0 Å².